The van der Waals surface area contributed by atoms with Crippen LogP contribution in [0.3, 0.4) is 0 Å². The number of hydrogen-bond donors (Lipinski definition) is 0. The second-order valence-electron chi connectivity index (χ2n) is 8.55. The van der Waals surface area contributed by atoms with Crippen molar-refractivity contribution in [3.05, 3.63) is 47.2 Å². The van der Waals surface area contributed by atoms with Crippen molar-refractivity contribution in [2.45, 2.75) is 46.1 Å². The Balaban J connectivity index is 1.92. The minimum absolute atomic E-state index is 0.0470. The molecule has 1 saturated heterocycles. The molecule has 0 N–H and O–H groups in total. The van der Waals surface area contributed by atoms with Crippen molar-refractivity contribution in [2.24, 2.45) is 0 Å². The van der Waals surface area contributed by atoms with E-state index in [2.05, 4.69) is 56.0 Å². The highest BCUT2D eigenvalue weighted by molar-refractivity contribution is 5.77. The van der Waals surface area contributed by atoms with Gasteiger partial charge < -0.3 is 14.5 Å². The Labute approximate surface area is 185 Å². The molecule has 1 aromatic heterocycles. The summed E-state index contributed by atoms with van der Waals surface area (Å²) in [6.45, 7) is 10.7. The second kappa shape index (κ2) is 9.93. The lowest BCUT2D eigenvalue weighted by molar-refractivity contribution is -0.134. The number of aromatic nitrogens is 1. The molecule has 0 radical (unpaired) electrons. The van der Waals surface area contributed by atoms with Gasteiger partial charge >= 0.3 is 0 Å². The first-order valence-corrected chi connectivity index (χ1v) is 10.9. The van der Waals surface area contributed by atoms with Gasteiger partial charge in [-0.1, -0.05) is 43.7 Å². The van der Waals surface area contributed by atoms with Gasteiger partial charge in [0.05, 0.1) is 24.3 Å². The SMILES string of the molecule is COCCC(=O)N1CCN(c2nc(C(C)C)c(-c3ccc(C)cc3)cc2C#N)CC1C. The highest BCUT2D eigenvalue weighted by atomic mass is 16.5. The number of hydrogen-bond acceptors (Lipinski definition) is 5. The van der Waals surface area contributed by atoms with Gasteiger partial charge in [-0.05, 0) is 31.4 Å². The molecule has 164 valence electrons. The van der Waals surface area contributed by atoms with Crippen LogP contribution in [0.4, 0.5) is 5.82 Å². The summed E-state index contributed by atoms with van der Waals surface area (Å²) in [5.41, 5.74) is 4.85. The number of piperazine rings is 1. The zero-order valence-corrected chi connectivity index (χ0v) is 19.2. The number of aryl methyl sites for hydroxylation is 1. The topological polar surface area (TPSA) is 69.5 Å². The number of nitriles is 1. The van der Waals surface area contributed by atoms with Crippen molar-refractivity contribution < 1.29 is 9.53 Å². The summed E-state index contributed by atoms with van der Waals surface area (Å²) in [6, 6.07) is 12.7. The van der Waals surface area contributed by atoms with Crippen molar-refractivity contribution in [1.82, 2.24) is 9.88 Å². The number of ether oxygens (including phenoxy) is 1. The Hall–Kier alpha value is -2.91. The largest absolute Gasteiger partial charge is 0.384 e. The Morgan fingerprint density at radius 1 is 1.29 bits per heavy atom. The average Bonchev–Trinajstić information content (AvgIpc) is 2.76. The lowest BCUT2D eigenvalue weighted by Crippen LogP contribution is -2.54. The van der Waals surface area contributed by atoms with Crippen LogP contribution in [0.15, 0.2) is 30.3 Å². The second-order valence-corrected chi connectivity index (χ2v) is 8.55. The zero-order chi connectivity index (χ0) is 22.5. The first-order valence-electron chi connectivity index (χ1n) is 10.9. The molecule has 1 aliphatic heterocycles. The molecule has 3 rings (SSSR count). The van der Waals surface area contributed by atoms with Crippen LogP contribution in [0, 0.1) is 18.3 Å². The third-order valence-electron chi connectivity index (χ3n) is 5.83. The normalized spacial score (nSPS) is 16.5. The molecule has 1 aromatic carbocycles. The monoisotopic (exact) mass is 420 g/mol. The van der Waals surface area contributed by atoms with Crippen LogP contribution in [-0.2, 0) is 9.53 Å². The predicted molar refractivity (Wildman–Crippen MR) is 123 cm³/mol. The van der Waals surface area contributed by atoms with E-state index in [0.717, 1.165) is 22.6 Å². The molecule has 1 amide bonds. The molecule has 1 aliphatic rings. The van der Waals surface area contributed by atoms with E-state index >= 15 is 0 Å². The van der Waals surface area contributed by atoms with Crippen molar-refractivity contribution >= 4 is 11.7 Å². The molecule has 1 fully saturated rings. The van der Waals surface area contributed by atoms with E-state index in [-0.39, 0.29) is 17.9 Å². The summed E-state index contributed by atoms with van der Waals surface area (Å²) < 4.78 is 5.05. The van der Waals surface area contributed by atoms with Crippen LogP contribution in [0.1, 0.15) is 49.9 Å². The first-order chi connectivity index (χ1) is 14.8. The summed E-state index contributed by atoms with van der Waals surface area (Å²) in [5, 5.41) is 9.90. The third-order valence-corrected chi connectivity index (χ3v) is 5.83. The Bertz CT molecular complexity index is 963. The summed E-state index contributed by atoms with van der Waals surface area (Å²) in [6.07, 6.45) is 0.394. The molecule has 2 aromatic rings. The Morgan fingerprint density at radius 3 is 2.58 bits per heavy atom. The molecular formula is C25H32N4O2. The summed E-state index contributed by atoms with van der Waals surface area (Å²) >= 11 is 0. The number of methoxy groups -OCH3 is 1. The maximum Gasteiger partial charge on any atom is 0.225 e. The quantitative estimate of drug-likeness (QED) is 0.703. The number of rotatable bonds is 6. The van der Waals surface area contributed by atoms with Gasteiger partial charge in [-0.3, -0.25) is 4.79 Å². The van der Waals surface area contributed by atoms with E-state index < -0.39 is 0 Å². The highest BCUT2D eigenvalue weighted by Gasteiger charge is 2.29. The number of nitrogens with zero attached hydrogens (tertiary/aromatic N) is 4. The van der Waals surface area contributed by atoms with Crippen LogP contribution in [0.5, 0.6) is 0 Å². The van der Waals surface area contributed by atoms with Gasteiger partial charge in [-0.25, -0.2) is 4.98 Å². The van der Waals surface area contributed by atoms with Crippen molar-refractivity contribution in [1.29, 1.82) is 5.26 Å². The number of pyridine rings is 1. The molecule has 31 heavy (non-hydrogen) atoms. The Kier molecular flexibility index (Phi) is 7.29. The average molecular weight is 421 g/mol. The zero-order valence-electron chi connectivity index (χ0n) is 19.2. The minimum Gasteiger partial charge on any atom is -0.384 e. The molecule has 1 atom stereocenters. The van der Waals surface area contributed by atoms with Crippen molar-refractivity contribution in [2.75, 3.05) is 38.3 Å². The first kappa shape index (κ1) is 22.8. The molecule has 0 spiro atoms. The van der Waals surface area contributed by atoms with Crippen LogP contribution in [-0.4, -0.2) is 55.2 Å². The molecule has 1 unspecified atom stereocenters. The van der Waals surface area contributed by atoms with E-state index in [9.17, 15) is 10.1 Å². The van der Waals surface area contributed by atoms with E-state index in [0.29, 0.717) is 38.2 Å². The summed E-state index contributed by atoms with van der Waals surface area (Å²) in [4.78, 5) is 21.5. The number of anilines is 1. The number of carbonyl (C=O) groups excluding carboxylic acids is 1. The van der Waals surface area contributed by atoms with E-state index in [1.54, 1.807) is 7.11 Å². The fourth-order valence-corrected chi connectivity index (χ4v) is 4.10. The molecule has 2 heterocycles. The number of carbonyl (C=O) groups is 1. The summed E-state index contributed by atoms with van der Waals surface area (Å²) in [5.74, 6) is 1.05. The third kappa shape index (κ3) is 5.05. The number of benzene rings is 1. The molecule has 6 nitrogen and oxygen atoms in total. The molecular weight excluding hydrogens is 388 g/mol. The van der Waals surface area contributed by atoms with Crippen molar-refractivity contribution in [3.63, 3.8) is 0 Å². The van der Waals surface area contributed by atoms with Crippen LogP contribution < -0.4 is 4.90 Å². The standard InChI is InChI=1S/C25H32N4O2/c1-17(2)24-22(20-8-6-18(3)7-9-20)14-21(15-26)25(27-24)28-11-12-29(19(4)16-28)23(30)10-13-31-5/h6-9,14,17,19H,10-13,16H2,1-5H3. The van der Waals surface area contributed by atoms with Gasteiger partial charge in [0.1, 0.15) is 11.9 Å². The molecule has 0 saturated carbocycles. The number of amides is 1. The predicted octanol–water partition coefficient (Wildman–Crippen LogP) is 4.13. The summed E-state index contributed by atoms with van der Waals surface area (Å²) in [7, 11) is 1.61. The van der Waals surface area contributed by atoms with Gasteiger partial charge in [0, 0.05) is 38.3 Å². The molecule has 0 aliphatic carbocycles. The van der Waals surface area contributed by atoms with Crippen molar-refractivity contribution in [3.8, 4) is 17.2 Å². The molecule has 0 bridgehead atoms. The highest BCUT2D eigenvalue weighted by Crippen LogP contribution is 2.33. The maximum atomic E-state index is 12.5. The lowest BCUT2D eigenvalue weighted by Gasteiger charge is -2.41. The maximum absolute atomic E-state index is 12.5. The van der Waals surface area contributed by atoms with Gasteiger partial charge in [-0.2, -0.15) is 5.26 Å². The minimum atomic E-state index is 0.0470. The van der Waals surface area contributed by atoms with Crippen LogP contribution in [0.25, 0.3) is 11.1 Å². The fraction of sp³-hybridized carbons (Fsp3) is 0.480. The van der Waals surface area contributed by atoms with Gasteiger partial charge in [0.15, 0.2) is 0 Å². The molecule has 6 heteroatoms. The fourth-order valence-electron chi connectivity index (χ4n) is 4.10. The van der Waals surface area contributed by atoms with Gasteiger partial charge in [-0.15, -0.1) is 0 Å². The lowest BCUT2D eigenvalue weighted by atomic mass is 9.95. The van der Waals surface area contributed by atoms with E-state index in [4.69, 9.17) is 9.72 Å². The Morgan fingerprint density at radius 2 is 2.00 bits per heavy atom. The van der Waals surface area contributed by atoms with Crippen LogP contribution in [0.2, 0.25) is 0 Å². The van der Waals surface area contributed by atoms with Crippen LogP contribution >= 0.6 is 0 Å². The van der Waals surface area contributed by atoms with E-state index in [1.165, 1.54) is 5.56 Å². The van der Waals surface area contributed by atoms with Gasteiger partial charge in [0.2, 0.25) is 5.91 Å². The smallest absolute Gasteiger partial charge is 0.225 e. The van der Waals surface area contributed by atoms with Gasteiger partial charge in [0.25, 0.3) is 0 Å². The van der Waals surface area contributed by atoms with E-state index in [1.807, 2.05) is 17.9 Å².